The van der Waals surface area contributed by atoms with Gasteiger partial charge in [-0.2, -0.15) is 5.10 Å². The van der Waals surface area contributed by atoms with E-state index < -0.39 is 0 Å². The average Bonchev–Trinajstić information content (AvgIpc) is 2.86. The third-order valence-corrected chi connectivity index (χ3v) is 3.95. The second-order valence-electron chi connectivity index (χ2n) is 4.46. The van der Waals surface area contributed by atoms with E-state index in [2.05, 4.69) is 5.10 Å². The Morgan fingerprint density at radius 2 is 2.19 bits per heavy atom. The molecule has 1 atom stereocenters. The molecule has 0 bridgehead atoms. The van der Waals surface area contributed by atoms with Crippen molar-refractivity contribution < 1.29 is 4.74 Å². The van der Waals surface area contributed by atoms with E-state index in [1.54, 1.807) is 18.0 Å². The van der Waals surface area contributed by atoms with E-state index in [1.807, 2.05) is 7.05 Å². The van der Waals surface area contributed by atoms with Crippen LogP contribution in [0, 0.1) is 0 Å². The molecule has 1 aromatic heterocycles. The molecule has 0 spiro atoms. The molecule has 4 nitrogen and oxygen atoms in total. The second kappa shape index (κ2) is 4.35. The van der Waals surface area contributed by atoms with Crippen LogP contribution in [0.4, 0.5) is 0 Å². The van der Waals surface area contributed by atoms with Crippen LogP contribution in [0.5, 0.6) is 0 Å². The first-order valence-corrected chi connectivity index (χ1v) is 5.96. The van der Waals surface area contributed by atoms with Gasteiger partial charge in [0, 0.05) is 14.2 Å². The molecule has 1 fully saturated rings. The van der Waals surface area contributed by atoms with Crippen LogP contribution in [0.25, 0.3) is 0 Å². The predicted molar refractivity (Wildman–Crippen MR) is 63.4 cm³/mol. The number of halogens is 1. The summed E-state index contributed by atoms with van der Waals surface area (Å²) in [6.07, 6.45) is 5.95. The van der Waals surface area contributed by atoms with Crippen LogP contribution in [-0.4, -0.2) is 22.5 Å². The second-order valence-corrected chi connectivity index (χ2v) is 4.86. The Kier molecular flexibility index (Phi) is 3.24. The first-order valence-electron chi connectivity index (χ1n) is 5.59. The summed E-state index contributed by atoms with van der Waals surface area (Å²) in [7, 11) is 3.59. The minimum Gasteiger partial charge on any atom is -0.376 e. The SMILES string of the molecule is COC1(C(N)c2c(Cl)cnn2C)CCCC1. The van der Waals surface area contributed by atoms with Gasteiger partial charge >= 0.3 is 0 Å². The molecule has 1 aromatic rings. The molecule has 1 aliphatic rings. The lowest BCUT2D eigenvalue weighted by Crippen LogP contribution is -2.41. The molecule has 1 saturated carbocycles. The van der Waals surface area contributed by atoms with E-state index in [-0.39, 0.29) is 11.6 Å². The van der Waals surface area contributed by atoms with Crippen LogP contribution in [-0.2, 0) is 11.8 Å². The zero-order valence-corrected chi connectivity index (χ0v) is 10.5. The van der Waals surface area contributed by atoms with Crippen LogP contribution in [0.15, 0.2) is 6.20 Å². The molecule has 16 heavy (non-hydrogen) atoms. The number of hydrogen-bond donors (Lipinski definition) is 1. The lowest BCUT2D eigenvalue weighted by atomic mass is 9.90. The number of aryl methyl sites for hydroxylation is 1. The molecule has 0 amide bonds. The summed E-state index contributed by atoms with van der Waals surface area (Å²) in [5, 5.41) is 4.75. The molecule has 90 valence electrons. The summed E-state index contributed by atoms with van der Waals surface area (Å²) in [5.41, 5.74) is 6.92. The molecule has 0 saturated heterocycles. The van der Waals surface area contributed by atoms with Crippen molar-refractivity contribution in [2.24, 2.45) is 12.8 Å². The highest BCUT2D eigenvalue weighted by Gasteiger charge is 2.42. The number of nitrogens with two attached hydrogens (primary N) is 1. The lowest BCUT2D eigenvalue weighted by molar-refractivity contribution is -0.0282. The minimum atomic E-state index is -0.266. The highest BCUT2D eigenvalue weighted by atomic mass is 35.5. The van der Waals surface area contributed by atoms with Gasteiger partial charge in [0.15, 0.2) is 0 Å². The third kappa shape index (κ3) is 1.75. The predicted octanol–water partition coefficient (Wildman–Crippen LogP) is 2.03. The highest BCUT2D eigenvalue weighted by Crippen LogP contribution is 2.42. The number of ether oxygens (including phenoxy) is 1. The molecule has 1 unspecified atom stereocenters. The smallest absolute Gasteiger partial charge is 0.0886 e. The topological polar surface area (TPSA) is 53.1 Å². The van der Waals surface area contributed by atoms with Gasteiger partial charge in [0.25, 0.3) is 0 Å². The maximum Gasteiger partial charge on any atom is 0.0886 e. The average molecular weight is 244 g/mol. The van der Waals surface area contributed by atoms with Gasteiger partial charge < -0.3 is 10.5 Å². The molecule has 2 N–H and O–H groups in total. The van der Waals surface area contributed by atoms with Crippen LogP contribution < -0.4 is 5.73 Å². The van der Waals surface area contributed by atoms with Gasteiger partial charge in [0.05, 0.1) is 28.6 Å². The van der Waals surface area contributed by atoms with Crippen molar-refractivity contribution in [2.75, 3.05) is 7.11 Å². The van der Waals surface area contributed by atoms with Gasteiger partial charge in [0.2, 0.25) is 0 Å². The Morgan fingerprint density at radius 3 is 2.62 bits per heavy atom. The summed E-state index contributed by atoms with van der Waals surface area (Å²) >= 11 is 6.12. The molecular weight excluding hydrogens is 226 g/mol. The van der Waals surface area contributed by atoms with E-state index in [0.717, 1.165) is 31.4 Å². The van der Waals surface area contributed by atoms with E-state index in [4.69, 9.17) is 22.1 Å². The fourth-order valence-electron chi connectivity index (χ4n) is 2.63. The van der Waals surface area contributed by atoms with E-state index >= 15 is 0 Å². The van der Waals surface area contributed by atoms with Crippen molar-refractivity contribution in [1.82, 2.24) is 9.78 Å². The fraction of sp³-hybridized carbons (Fsp3) is 0.727. The van der Waals surface area contributed by atoms with Gasteiger partial charge in [-0.15, -0.1) is 0 Å². The van der Waals surface area contributed by atoms with Crippen LogP contribution >= 0.6 is 11.6 Å². The zero-order chi connectivity index (χ0) is 11.8. The van der Waals surface area contributed by atoms with E-state index in [1.165, 1.54) is 0 Å². The molecule has 2 rings (SSSR count). The van der Waals surface area contributed by atoms with Crippen molar-refractivity contribution in [3.63, 3.8) is 0 Å². The van der Waals surface area contributed by atoms with Gasteiger partial charge in [-0.05, 0) is 12.8 Å². The minimum absolute atomic E-state index is 0.208. The lowest BCUT2D eigenvalue weighted by Gasteiger charge is -2.34. The van der Waals surface area contributed by atoms with Crippen LogP contribution in [0.1, 0.15) is 37.4 Å². The largest absolute Gasteiger partial charge is 0.376 e. The summed E-state index contributed by atoms with van der Waals surface area (Å²) in [6.45, 7) is 0. The molecule has 5 heteroatoms. The monoisotopic (exact) mass is 243 g/mol. The van der Waals surface area contributed by atoms with Crippen molar-refractivity contribution in [1.29, 1.82) is 0 Å². The maximum absolute atomic E-state index is 6.32. The summed E-state index contributed by atoms with van der Waals surface area (Å²) < 4.78 is 7.41. The van der Waals surface area contributed by atoms with Crippen molar-refractivity contribution >= 4 is 11.6 Å². The normalized spacial score (nSPS) is 21.2. The van der Waals surface area contributed by atoms with E-state index in [0.29, 0.717) is 5.02 Å². The zero-order valence-electron chi connectivity index (χ0n) is 9.74. The van der Waals surface area contributed by atoms with Gasteiger partial charge in [-0.1, -0.05) is 24.4 Å². The van der Waals surface area contributed by atoms with Gasteiger partial charge in [0.1, 0.15) is 0 Å². The number of methoxy groups -OCH3 is 1. The maximum atomic E-state index is 6.32. The standard InChI is InChI=1S/C11H18ClN3O/c1-15-9(8(12)7-14-15)10(13)11(16-2)5-3-4-6-11/h7,10H,3-6,13H2,1-2H3. The Morgan fingerprint density at radius 1 is 1.56 bits per heavy atom. The fourth-order valence-corrected chi connectivity index (χ4v) is 2.92. The third-order valence-electron chi connectivity index (χ3n) is 3.66. The van der Waals surface area contributed by atoms with Crippen LogP contribution in [0.3, 0.4) is 0 Å². The Labute approximate surface area is 101 Å². The molecule has 0 radical (unpaired) electrons. The number of rotatable bonds is 3. The van der Waals surface area contributed by atoms with Crippen molar-refractivity contribution in [3.05, 3.63) is 16.9 Å². The molecule has 1 heterocycles. The Bertz CT molecular complexity index is 352. The number of hydrogen-bond acceptors (Lipinski definition) is 3. The molecule has 1 aliphatic carbocycles. The molecular formula is C11H18ClN3O. The highest BCUT2D eigenvalue weighted by molar-refractivity contribution is 6.31. The van der Waals surface area contributed by atoms with Gasteiger partial charge in [-0.3, -0.25) is 4.68 Å². The first kappa shape index (κ1) is 11.9. The molecule has 0 aromatic carbocycles. The Balaban J connectivity index is 2.33. The number of nitrogens with zero attached hydrogens (tertiary/aromatic N) is 2. The van der Waals surface area contributed by atoms with Gasteiger partial charge in [-0.25, -0.2) is 0 Å². The first-order chi connectivity index (χ1) is 7.60. The quantitative estimate of drug-likeness (QED) is 0.884. The summed E-state index contributed by atoms with van der Waals surface area (Å²) in [6, 6.07) is -0.208. The Hall–Kier alpha value is -0.580. The van der Waals surface area contributed by atoms with Crippen molar-refractivity contribution in [2.45, 2.75) is 37.3 Å². The van der Waals surface area contributed by atoms with Crippen molar-refractivity contribution in [3.8, 4) is 0 Å². The summed E-state index contributed by atoms with van der Waals surface area (Å²) in [5.74, 6) is 0. The molecule has 0 aliphatic heterocycles. The van der Waals surface area contributed by atoms with Crippen LogP contribution in [0.2, 0.25) is 5.02 Å². The summed E-state index contributed by atoms with van der Waals surface area (Å²) in [4.78, 5) is 0. The number of aromatic nitrogens is 2. The van der Waals surface area contributed by atoms with E-state index in [9.17, 15) is 0 Å².